The van der Waals surface area contributed by atoms with Crippen molar-refractivity contribution in [1.29, 1.82) is 0 Å². The number of carbonyl (C=O) groups is 1. The van der Waals surface area contributed by atoms with Crippen molar-refractivity contribution in [3.8, 4) is 0 Å². The molecule has 1 saturated heterocycles. The van der Waals surface area contributed by atoms with Crippen LogP contribution in [0.1, 0.15) is 26.7 Å². The van der Waals surface area contributed by atoms with Gasteiger partial charge in [-0.3, -0.25) is 4.79 Å². The number of piperazine rings is 1. The predicted molar refractivity (Wildman–Crippen MR) is 97.7 cm³/mol. The molecule has 1 aliphatic heterocycles. The van der Waals surface area contributed by atoms with Crippen molar-refractivity contribution >= 4 is 43.2 Å². The number of unbranched alkanes of at least 4 members (excludes halogenated alkanes) is 1. The minimum absolute atomic E-state index is 0.0676. The summed E-state index contributed by atoms with van der Waals surface area (Å²) >= 11 is 4.49. The highest BCUT2D eigenvalue weighted by Gasteiger charge is 2.32. The van der Waals surface area contributed by atoms with Gasteiger partial charge in [0.25, 0.3) is 15.9 Å². The van der Waals surface area contributed by atoms with Crippen molar-refractivity contribution in [1.82, 2.24) is 9.21 Å². The summed E-state index contributed by atoms with van der Waals surface area (Å²) in [5, 5.41) is 0. The van der Waals surface area contributed by atoms with E-state index in [0.29, 0.717) is 37.0 Å². The summed E-state index contributed by atoms with van der Waals surface area (Å²) in [6.45, 7) is 5.81. The van der Waals surface area contributed by atoms with Gasteiger partial charge >= 0.3 is 0 Å². The first-order chi connectivity index (χ1) is 11.4. The number of halogens is 1. The van der Waals surface area contributed by atoms with Crippen LogP contribution in [-0.4, -0.2) is 62.4 Å². The van der Waals surface area contributed by atoms with Gasteiger partial charge in [-0.15, -0.1) is 11.3 Å². The molecule has 2 rings (SSSR count). The van der Waals surface area contributed by atoms with E-state index in [0.717, 1.165) is 16.6 Å². The summed E-state index contributed by atoms with van der Waals surface area (Å²) in [5.74, 6) is -0.0676. The third-order valence-electron chi connectivity index (χ3n) is 3.91. The van der Waals surface area contributed by atoms with Crippen LogP contribution in [-0.2, 0) is 19.6 Å². The molecule has 0 bridgehead atoms. The molecule has 0 spiro atoms. The van der Waals surface area contributed by atoms with Crippen molar-refractivity contribution < 1.29 is 17.9 Å². The standard InChI is InChI=1S/C15H23BrN2O4S2/c1-3-4-11-22-12(2)15(19)17-7-9-18(10-8-17)24(20,21)14-6-5-13(16)23-14/h5-6,12H,3-4,7-11H2,1-2H3. The number of thiophene rings is 1. The van der Waals surface area contributed by atoms with Gasteiger partial charge in [0.1, 0.15) is 10.3 Å². The molecule has 1 fully saturated rings. The first kappa shape index (κ1) is 19.8. The molecule has 9 heteroatoms. The van der Waals surface area contributed by atoms with Gasteiger partial charge in [-0.1, -0.05) is 13.3 Å². The third kappa shape index (κ3) is 4.78. The number of sulfonamides is 1. The van der Waals surface area contributed by atoms with Gasteiger partial charge in [0.05, 0.1) is 3.79 Å². The molecule has 1 unspecified atom stereocenters. The van der Waals surface area contributed by atoms with E-state index in [-0.39, 0.29) is 5.91 Å². The van der Waals surface area contributed by atoms with E-state index < -0.39 is 16.1 Å². The van der Waals surface area contributed by atoms with Gasteiger partial charge in [-0.25, -0.2) is 8.42 Å². The molecule has 0 aliphatic carbocycles. The Morgan fingerprint density at radius 2 is 2.00 bits per heavy atom. The Morgan fingerprint density at radius 3 is 2.54 bits per heavy atom. The van der Waals surface area contributed by atoms with Crippen molar-refractivity contribution in [2.75, 3.05) is 32.8 Å². The van der Waals surface area contributed by atoms with E-state index in [9.17, 15) is 13.2 Å². The molecular weight excluding hydrogens is 416 g/mol. The van der Waals surface area contributed by atoms with Gasteiger partial charge in [0.15, 0.2) is 0 Å². The van der Waals surface area contributed by atoms with E-state index in [1.54, 1.807) is 24.0 Å². The average molecular weight is 439 g/mol. The van der Waals surface area contributed by atoms with Crippen molar-refractivity contribution in [3.05, 3.63) is 15.9 Å². The summed E-state index contributed by atoms with van der Waals surface area (Å²) in [5.41, 5.74) is 0. The molecule has 1 aromatic rings. The van der Waals surface area contributed by atoms with Gasteiger partial charge in [-0.2, -0.15) is 4.31 Å². The summed E-state index contributed by atoms with van der Waals surface area (Å²) < 4.78 is 33.2. The van der Waals surface area contributed by atoms with Crippen LogP contribution in [0.25, 0.3) is 0 Å². The number of hydrogen-bond donors (Lipinski definition) is 0. The molecule has 1 aliphatic rings. The van der Waals surface area contributed by atoms with E-state index in [1.807, 2.05) is 0 Å². The highest BCUT2D eigenvalue weighted by Crippen LogP contribution is 2.29. The van der Waals surface area contributed by atoms with E-state index in [1.165, 1.54) is 15.6 Å². The molecule has 2 heterocycles. The lowest BCUT2D eigenvalue weighted by Crippen LogP contribution is -2.52. The number of rotatable bonds is 7. The maximum atomic E-state index is 12.6. The fraction of sp³-hybridized carbons (Fsp3) is 0.667. The van der Waals surface area contributed by atoms with Gasteiger partial charge in [0.2, 0.25) is 0 Å². The number of ether oxygens (including phenoxy) is 1. The molecule has 0 radical (unpaired) electrons. The van der Waals surface area contributed by atoms with E-state index in [2.05, 4.69) is 22.9 Å². The fourth-order valence-corrected chi connectivity index (χ4v) is 6.03. The number of hydrogen-bond acceptors (Lipinski definition) is 5. The van der Waals surface area contributed by atoms with Crippen LogP contribution in [0.2, 0.25) is 0 Å². The van der Waals surface area contributed by atoms with Gasteiger partial charge < -0.3 is 9.64 Å². The van der Waals surface area contributed by atoms with E-state index >= 15 is 0 Å². The zero-order valence-electron chi connectivity index (χ0n) is 13.9. The van der Waals surface area contributed by atoms with Crippen LogP contribution in [0, 0.1) is 0 Å². The Morgan fingerprint density at radius 1 is 1.33 bits per heavy atom. The molecule has 0 N–H and O–H groups in total. The first-order valence-corrected chi connectivity index (χ1v) is 11.1. The van der Waals surface area contributed by atoms with Gasteiger partial charge in [0, 0.05) is 32.8 Å². The SMILES string of the molecule is CCCCOC(C)C(=O)N1CCN(S(=O)(=O)c2ccc(Br)s2)CC1. The summed E-state index contributed by atoms with van der Waals surface area (Å²) in [7, 11) is -3.48. The molecule has 6 nitrogen and oxygen atoms in total. The molecular formula is C15H23BrN2O4S2. The molecule has 24 heavy (non-hydrogen) atoms. The number of nitrogens with zero attached hydrogens (tertiary/aromatic N) is 2. The first-order valence-electron chi connectivity index (χ1n) is 8.02. The highest BCUT2D eigenvalue weighted by molar-refractivity contribution is 9.11. The largest absolute Gasteiger partial charge is 0.369 e. The van der Waals surface area contributed by atoms with Crippen molar-refractivity contribution in [2.45, 2.75) is 37.0 Å². The Labute approximate surface area is 156 Å². The molecule has 1 atom stereocenters. The van der Waals surface area contributed by atoms with Crippen LogP contribution in [0.5, 0.6) is 0 Å². The lowest BCUT2D eigenvalue weighted by molar-refractivity contribution is -0.143. The highest BCUT2D eigenvalue weighted by atomic mass is 79.9. The normalized spacial score (nSPS) is 17.9. The maximum Gasteiger partial charge on any atom is 0.252 e. The number of amides is 1. The monoisotopic (exact) mass is 438 g/mol. The topological polar surface area (TPSA) is 66.9 Å². The van der Waals surface area contributed by atoms with Crippen molar-refractivity contribution in [3.63, 3.8) is 0 Å². The fourth-order valence-electron chi connectivity index (χ4n) is 2.45. The second kappa shape index (κ2) is 8.75. The zero-order chi connectivity index (χ0) is 17.7. The molecule has 1 amide bonds. The molecule has 1 aromatic heterocycles. The second-order valence-electron chi connectivity index (χ2n) is 5.65. The van der Waals surface area contributed by atoms with Crippen LogP contribution in [0.3, 0.4) is 0 Å². The maximum absolute atomic E-state index is 12.6. The van der Waals surface area contributed by atoms with Crippen LogP contribution >= 0.6 is 27.3 Å². The summed E-state index contributed by atoms with van der Waals surface area (Å²) in [6, 6.07) is 3.33. The van der Waals surface area contributed by atoms with Crippen LogP contribution in [0.15, 0.2) is 20.1 Å². The minimum atomic E-state index is -3.48. The Hall–Kier alpha value is -0.480. The Balaban J connectivity index is 1.90. The average Bonchev–Trinajstić information content (AvgIpc) is 3.01. The predicted octanol–water partition coefficient (Wildman–Crippen LogP) is 2.55. The van der Waals surface area contributed by atoms with Gasteiger partial charge in [-0.05, 0) is 41.4 Å². The third-order valence-corrected chi connectivity index (χ3v) is 7.90. The second-order valence-corrected chi connectivity index (χ2v) is 10.3. The smallest absolute Gasteiger partial charge is 0.252 e. The minimum Gasteiger partial charge on any atom is -0.369 e. The molecule has 0 saturated carbocycles. The summed E-state index contributed by atoms with van der Waals surface area (Å²) in [6.07, 6.45) is 1.48. The zero-order valence-corrected chi connectivity index (χ0v) is 17.1. The Kier molecular flexibility index (Phi) is 7.23. The summed E-state index contributed by atoms with van der Waals surface area (Å²) in [4.78, 5) is 14.0. The lowest BCUT2D eigenvalue weighted by atomic mass is 10.3. The van der Waals surface area contributed by atoms with Crippen LogP contribution < -0.4 is 0 Å². The van der Waals surface area contributed by atoms with Crippen molar-refractivity contribution in [2.24, 2.45) is 0 Å². The lowest BCUT2D eigenvalue weighted by Gasteiger charge is -2.34. The molecule has 0 aromatic carbocycles. The quantitative estimate of drug-likeness (QED) is 0.613. The van der Waals surface area contributed by atoms with E-state index in [4.69, 9.17) is 4.74 Å². The number of carbonyl (C=O) groups excluding carboxylic acids is 1. The Bertz CT molecular complexity index is 654. The molecule has 136 valence electrons. The van der Waals surface area contributed by atoms with Crippen LogP contribution in [0.4, 0.5) is 0 Å².